The van der Waals surface area contributed by atoms with Gasteiger partial charge in [-0.05, 0) is 25.1 Å². The van der Waals surface area contributed by atoms with Crippen molar-refractivity contribution in [3.63, 3.8) is 0 Å². The molecule has 2 saturated heterocycles. The van der Waals surface area contributed by atoms with Crippen molar-refractivity contribution in [2.45, 2.75) is 31.8 Å². The van der Waals surface area contributed by atoms with E-state index in [1.807, 2.05) is 17.0 Å². The summed E-state index contributed by atoms with van der Waals surface area (Å²) in [6, 6.07) is 7.20. The first-order valence-corrected chi connectivity index (χ1v) is 10.8. The zero-order valence-corrected chi connectivity index (χ0v) is 17.6. The van der Waals surface area contributed by atoms with Crippen molar-refractivity contribution in [1.29, 1.82) is 0 Å². The Bertz CT molecular complexity index is 821. The molecule has 8 heteroatoms. The van der Waals surface area contributed by atoms with Crippen molar-refractivity contribution in [3.05, 3.63) is 29.8 Å². The van der Waals surface area contributed by atoms with Crippen molar-refractivity contribution in [1.82, 2.24) is 20.0 Å². The van der Waals surface area contributed by atoms with Crippen LogP contribution in [0.1, 0.15) is 36.5 Å². The maximum atomic E-state index is 12.8. The standard InChI is InChI=1S/C22H30N4O4/c1-2-24-11-13-25(14-12-24)20(28)15-26-10-9-22(8-7-19(26)27)16-23-21(29)17-5-3-4-6-18(17)30-22/h3-6H,2,7-16H2,1H3,(H,23,29)/t22-/m1/s1. The molecule has 0 bridgehead atoms. The van der Waals surface area contributed by atoms with Crippen molar-refractivity contribution < 1.29 is 19.1 Å². The Morgan fingerprint density at radius 1 is 1.10 bits per heavy atom. The van der Waals surface area contributed by atoms with E-state index in [4.69, 9.17) is 4.74 Å². The lowest BCUT2D eigenvalue weighted by Gasteiger charge is -2.35. The molecule has 0 radical (unpaired) electrons. The van der Waals surface area contributed by atoms with E-state index in [0.717, 1.165) is 19.6 Å². The van der Waals surface area contributed by atoms with Gasteiger partial charge in [-0.3, -0.25) is 14.4 Å². The van der Waals surface area contributed by atoms with E-state index in [1.165, 1.54) is 0 Å². The Balaban J connectivity index is 1.41. The molecule has 0 unspecified atom stereocenters. The van der Waals surface area contributed by atoms with Crippen molar-refractivity contribution >= 4 is 17.7 Å². The summed E-state index contributed by atoms with van der Waals surface area (Å²) in [6.07, 6.45) is 1.39. The third-order valence-corrected chi connectivity index (χ3v) is 6.51. The van der Waals surface area contributed by atoms with Crippen molar-refractivity contribution in [2.75, 3.05) is 52.4 Å². The van der Waals surface area contributed by atoms with Crippen LogP contribution in [0.15, 0.2) is 24.3 Å². The van der Waals surface area contributed by atoms with E-state index < -0.39 is 5.60 Å². The van der Waals surface area contributed by atoms with Crippen molar-refractivity contribution in [3.8, 4) is 5.75 Å². The number of ether oxygens (including phenoxy) is 1. The number of benzene rings is 1. The largest absolute Gasteiger partial charge is 0.485 e. The fourth-order valence-electron chi connectivity index (χ4n) is 4.45. The van der Waals surface area contributed by atoms with Gasteiger partial charge in [0.05, 0.1) is 18.7 Å². The Kier molecular flexibility index (Phi) is 5.94. The number of likely N-dealkylation sites (tertiary alicyclic amines) is 1. The molecule has 0 aliphatic carbocycles. The molecular formula is C22H30N4O4. The summed E-state index contributed by atoms with van der Waals surface area (Å²) in [5, 5.41) is 2.95. The molecule has 3 aliphatic heterocycles. The zero-order valence-electron chi connectivity index (χ0n) is 17.6. The molecule has 3 amide bonds. The molecule has 1 atom stereocenters. The average molecular weight is 415 g/mol. The van der Waals surface area contributed by atoms with Crippen LogP contribution in [-0.2, 0) is 9.59 Å². The summed E-state index contributed by atoms with van der Waals surface area (Å²) >= 11 is 0. The lowest BCUT2D eigenvalue weighted by Crippen LogP contribution is -2.51. The molecular weight excluding hydrogens is 384 g/mol. The van der Waals surface area contributed by atoms with Crippen LogP contribution in [0.4, 0.5) is 0 Å². The highest BCUT2D eigenvalue weighted by Crippen LogP contribution is 2.33. The van der Waals surface area contributed by atoms with E-state index in [2.05, 4.69) is 17.1 Å². The predicted octanol–water partition coefficient (Wildman–Crippen LogP) is 0.724. The number of hydrogen-bond acceptors (Lipinski definition) is 5. The number of likely N-dealkylation sites (N-methyl/N-ethyl adjacent to an activating group) is 1. The number of nitrogens with one attached hydrogen (secondary N) is 1. The van der Waals surface area contributed by atoms with Crippen LogP contribution in [0.25, 0.3) is 0 Å². The third kappa shape index (κ3) is 4.28. The van der Waals surface area contributed by atoms with Crippen LogP contribution in [0.3, 0.4) is 0 Å². The minimum atomic E-state index is -0.636. The molecule has 162 valence electrons. The Morgan fingerprint density at radius 3 is 2.63 bits per heavy atom. The number of hydrogen-bond donors (Lipinski definition) is 1. The number of nitrogens with zero attached hydrogens (tertiary/aromatic N) is 3. The lowest BCUT2D eigenvalue weighted by molar-refractivity contribution is -0.141. The smallest absolute Gasteiger partial charge is 0.255 e. The highest BCUT2D eigenvalue weighted by Gasteiger charge is 2.40. The molecule has 1 aromatic carbocycles. The summed E-state index contributed by atoms with van der Waals surface area (Å²) in [5.41, 5.74) is -0.120. The predicted molar refractivity (Wildman–Crippen MR) is 111 cm³/mol. The van der Waals surface area contributed by atoms with Crippen LogP contribution in [0.2, 0.25) is 0 Å². The molecule has 8 nitrogen and oxygen atoms in total. The fourth-order valence-corrected chi connectivity index (χ4v) is 4.45. The van der Waals surface area contributed by atoms with Gasteiger partial charge in [-0.15, -0.1) is 0 Å². The maximum Gasteiger partial charge on any atom is 0.255 e. The van der Waals surface area contributed by atoms with Gasteiger partial charge < -0.3 is 24.8 Å². The summed E-state index contributed by atoms with van der Waals surface area (Å²) < 4.78 is 6.31. The van der Waals surface area contributed by atoms with Crippen LogP contribution >= 0.6 is 0 Å². The van der Waals surface area contributed by atoms with Gasteiger partial charge >= 0.3 is 0 Å². The van der Waals surface area contributed by atoms with E-state index in [1.54, 1.807) is 17.0 Å². The fraction of sp³-hybridized carbons (Fsp3) is 0.591. The molecule has 1 aromatic rings. The number of rotatable bonds is 3. The van der Waals surface area contributed by atoms with E-state index >= 15 is 0 Å². The van der Waals surface area contributed by atoms with E-state index in [-0.39, 0.29) is 24.3 Å². The molecule has 2 fully saturated rings. The highest BCUT2D eigenvalue weighted by atomic mass is 16.5. The molecule has 0 aromatic heterocycles. The maximum absolute atomic E-state index is 12.8. The first-order chi connectivity index (χ1) is 14.5. The molecule has 3 heterocycles. The third-order valence-electron chi connectivity index (χ3n) is 6.51. The van der Waals surface area contributed by atoms with Gasteiger partial charge in [0.15, 0.2) is 0 Å². The number of piperazine rings is 1. The number of para-hydroxylation sites is 1. The monoisotopic (exact) mass is 414 g/mol. The van der Waals surface area contributed by atoms with Gasteiger partial charge in [-0.25, -0.2) is 0 Å². The Morgan fingerprint density at radius 2 is 1.87 bits per heavy atom. The summed E-state index contributed by atoms with van der Waals surface area (Å²) in [4.78, 5) is 43.8. The van der Waals surface area contributed by atoms with Gasteiger partial charge in [0.25, 0.3) is 5.91 Å². The van der Waals surface area contributed by atoms with Crippen LogP contribution in [-0.4, -0.2) is 90.4 Å². The van der Waals surface area contributed by atoms with Gasteiger partial charge in [-0.2, -0.15) is 0 Å². The number of carbonyl (C=O) groups is 3. The second-order valence-corrected chi connectivity index (χ2v) is 8.34. The van der Waals surface area contributed by atoms with Gasteiger partial charge in [-0.1, -0.05) is 19.1 Å². The summed E-state index contributed by atoms with van der Waals surface area (Å²) in [5.74, 6) is 0.380. The molecule has 1 N–H and O–H groups in total. The minimum absolute atomic E-state index is 0.00971. The van der Waals surface area contributed by atoms with Gasteiger partial charge in [0.1, 0.15) is 11.4 Å². The Hall–Kier alpha value is -2.61. The quantitative estimate of drug-likeness (QED) is 0.788. The lowest BCUT2D eigenvalue weighted by atomic mass is 9.94. The number of carbonyl (C=O) groups excluding carboxylic acids is 3. The second kappa shape index (κ2) is 8.63. The zero-order chi connectivity index (χ0) is 21.1. The Labute approximate surface area is 177 Å². The first kappa shape index (κ1) is 20.7. The highest BCUT2D eigenvalue weighted by molar-refractivity contribution is 5.97. The normalized spacial score (nSPS) is 25.2. The summed E-state index contributed by atoms with van der Waals surface area (Å²) in [6.45, 7) is 7.22. The minimum Gasteiger partial charge on any atom is -0.485 e. The van der Waals surface area contributed by atoms with Crippen LogP contribution in [0.5, 0.6) is 5.75 Å². The number of fused-ring (bicyclic) bond motifs is 1. The second-order valence-electron chi connectivity index (χ2n) is 8.34. The first-order valence-electron chi connectivity index (χ1n) is 10.8. The molecule has 30 heavy (non-hydrogen) atoms. The summed E-state index contributed by atoms with van der Waals surface area (Å²) in [7, 11) is 0. The van der Waals surface area contributed by atoms with E-state index in [0.29, 0.717) is 56.8 Å². The van der Waals surface area contributed by atoms with Crippen LogP contribution < -0.4 is 10.1 Å². The van der Waals surface area contributed by atoms with Crippen LogP contribution in [0, 0.1) is 0 Å². The van der Waals surface area contributed by atoms with Crippen molar-refractivity contribution in [2.24, 2.45) is 0 Å². The number of amides is 3. The molecule has 1 spiro atoms. The van der Waals surface area contributed by atoms with Gasteiger partial charge in [0, 0.05) is 45.6 Å². The van der Waals surface area contributed by atoms with Gasteiger partial charge in [0.2, 0.25) is 11.8 Å². The van der Waals surface area contributed by atoms with E-state index in [9.17, 15) is 14.4 Å². The topological polar surface area (TPSA) is 82.2 Å². The SMILES string of the molecule is CCN1CCN(C(=O)CN2CC[C@]3(CCC2=O)CNC(=O)c2ccccc2O3)CC1. The molecule has 0 saturated carbocycles. The molecule has 3 aliphatic rings. The molecule has 4 rings (SSSR count). The average Bonchev–Trinajstić information content (AvgIpc) is 3.01.